The van der Waals surface area contributed by atoms with Gasteiger partial charge in [-0.05, 0) is 32.0 Å². The summed E-state index contributed by atoms with van der Waals surface area (Å²) in [6.45, 7) is 0.555. The molecule has 2 heterocycles. The predicted molar refractivity (Wildman–Crippen MR) is 83.1 cm³/mol. The summed E-state index contributed by atoms with van der Waals surface area (Å²) in [7, 11) is -1.97. The average Bonchev–Trinajstić information content (AvgIpc) is 3.12. The molecule has 1 aliphatic rings. The first-order chi connectivity index (χ1) is 10.5. The van der Waals surface area contributed by atoms with E-state index in [1.807, 2.05) is 18.2 Å². The van der Waals surface area contributed by atoms with Gasteiger partial charge in [-0.15, -0.1) is 0 Å². The minimum absolute atomic E-state index is 0.0739. The molecular formula is C15H18N2O4S. The van der Waals surface area contributed by atoms with E-state index in [0.717, 1.165) is 11.8 Å². The number of hydrogen-bond donors (Lipinski definition) is 1. The molecule has 0 unspecified atom stereocenters. The molecule has 0 saturated carbocycles. The van der Waals surface area contributed by atoms with Crippen LogP contribution >= 0.6 is 0 Å². The monoisotopic (exact) mass is 322 g/mol. The van der Waals surface area contributed by atoms with Gasteiger partial charge in [-0.25, -0.2) is 13.1 Å². The van der Waals surface area contributed by atoms with E-state index in [1.165, 1.54) is 7.05 Å². The third-order valence-electron chi connectivity index (χ3n) is 4.00. The van der Waals surface area contributed by atoms with Gasteiger partial charge in [0.1, 0.15) is 5.58 Å². The lowest BCUT2D eigenvalue weighted by Gasteiger charge is -2.23. The fourth-order valence-corrected chi connectivity index (χ4v) is 3.86. The number of nitrogens with one attached hydrogen (secondary N) is 1. The first kappa shape index (κ1) is 15.1. The van der Waals surface area contributed by atoms with Crippen molar-refractivity contribution in [1.29, 1.82) is 0 Å². The zero-order valence-corrected chi connectivity index (χ0v) is 13.1. The number of fused-ring (bicyclic) bond motifs is 1. The van der Waals surface area contributed by atoms with Crippen molar-refractivity contribution in [2.45, 2.75) is 18.9 Å². The summed E-state index contributed by atoms with van der Waals surface area (Å²) in [6.07, 6.45) is 1.49. The molecule has 0 radical (unpaired) electrons. The normalized spacial score (nSPS) is 19.0. The highest BCUT2D eigenvalue weighted by Gasteiger charge is 2.33. The molecule has 3 rings (SSSR count). The summed E-state index contributed by atoms with van der Waals surface area (Å²) in [4.78, 5) is 14.2. The minimum atomic E-state index is -3.35. The summed E-state index contributed by atoms with van der Waals surface area (Å²) in [5.41, 5.74) is 0.657. The van der Waals surface area contributed by atoms with E-state index in [2.05, 4.69) is 4.72 Å². The molecule has 1 atom stereocenters. The maximum absolute atomic E-state index is 12.6. The van der Waals surface area contributed by atoms with Crippen molar-refractivity contribution in [3.05, 3.63) is 36.1 Å². The summed E-state index contributed by atoms with van der Waals surface area (Å²) in [5, 5.41) is 0.865. The van der Waals surface area contributed by atoms with Gasteiger partial charge in [0.2, 0.25) is 10.0 Å². The van der Waals surface area contributed by atoms with Gasteiger partial charge in [0.25, 0.3) is 5.91 Å². The number of carbonyl (C=O) groups excluding carboxylic acids is 1. The summed E-state index contributed by atoms with van der Waals surface area (Å²) >= 11 is 0. The van der Waals surface area contributed by atoms with E-state index in [1.54, 1.807) is 17.0 Å². The first-order valence-electron chi connectivity index (χ1n) is 7.21. The molecule has 0 aliphatic carbocycles. The summed E-state index contributed by atoms with van der Waals surface area (Å²) in [5.74, 6) is -0.0601. The van der Waals surface area contributed by atoms with E-state index >= 15 is 0 Å². The lowest BCUT2D eigenvalue weighted by atomic mass is 10.2. The number of amides is 1. The topological polar surface area (TPSA) is 79.6 Å². The van der Waals surface area contributed by atoms with Crippen LogP contribution < -0.4 is 4.72 Å². The van der Waals surface area contributed by atoms with Crippen LogP contribution in [-0.4, -0.2) is 44.6 Å². The van der Waals surface area contributed by atoms with Crippen LogP contribution in [0.15, 0.2) is 34.7 Å². The molecule has 1 amide bonds. The molecule has 2 aromatic rings. The SMILES string of the molecule is CNS(=O)(=O)C[C@@H]1CCCN1C(=O)c1cc2ccccc2o1. The minimum Gasteiger partial charge on any atom is -0.451 e. The zero-order valence-electron chi connectivity index (χ0n) is 12.3. The molecule has 22 heavy (non-hydrogen) atoms. The van der Waals surface area contributed by atoms with Crippen LogP contribution in [0.1, 0.15) is 23.4 Å². The number of likely N-dealkylation sites (tertiary alicyclic amines) is 1. The standard InChI is InChI=1S/C15H18N2O4S/c1-16-22(19,20)10-12-6-4-8-17(12)15(18)14-9-11-5-2-3-7-13(11)21-14/h2-3,5,7,9,12,16H,4,6,8,10H2,1H3/t12-/m0/s1. The molecule has 0 spiro atoms. The highest BCUT2D eigenvalue weighted by atomic mass is 32.2. The van der Waals surface area contributed by atoms with Crippen molar-refractivity contribution in [2.75, 3.05) is 19.3 Å². The number of carbonyl (C=O) groups is 1. The first-order valence-corrected chi connectivity index (χ1v) is 8.86. The van der Waals surface area contributed by atoms with Crippen LogP contribution in [0.2, 0.25) is 0 Å². The molecule has 118 valence electrons. The fourth-order valence-electron chi connectivity index (χ4n) is 2.84. The highest BCUT2D eigenvalue weighted by Crippen LogP contribution is 2.25. The molecule has 6 nitrogen and oxygen atoms in total. The Morgan fingerprint density at radius 3 is 2.91 bits per heavy atom. The van der Waals surface area contributed by atoms with E-state index < -0.39 is 10.0 Å². The van der Waals surface area contributed by atoms with E-state index in [0.29, 0.717) is 18.5 Å². The van der Waals surface area contributed by atoms with Gasteiger partial charge in [0.05, 0.1) is 5.75 Å². The van der Waals surface area contributed by atoms with Gasteiger partial charge < -0.3 is 9.32 Å². The second-order valence-electron chi connectivity index (χ2n) is 5.43. The van der Waals surface area contributed by atoms with Gasteiger partial charge in [-0.2, -0.15) is 0 Å². The Hall–Kier alpha value is -1.86. The number of nitrogens with zero attached hydrogens (tertiary/aromatic N) is 1. The third-order valence-corrected chi connectivity index (χ3v) is 5.44. The number of hydrogen-bond acceptors (Lipinski definition) is 4. The number of sulfonamides is 1. The maximum Gasteiger partial charge on any atom is 0.289 e. The van der Waals surface area contributed by atoms with Crippen LogP contribution in [0.3, 0.4) is 0 Å². The van der Waals surface area contributed by atoms with Gasteiger partial charge in [0.15, 0.2) is 5.76 Å². The van der Waals surface area contributed by atoms with Gasteiger partial charge in [-0.3, -0.25) is 4.79 Å². The van der Waals surface area contributed by atoms with Crippen LogP contribution in [0.4, 0.5) is 0 Å². The van der Waals surface area contributed by atoms with E-state index in [4.69, 9.17) is 4.42 Å². The zero-order chi connectivity index (χ0) is 15.7. The lowest BCUT2D eigenvalue weighted by molar-refractivity contribution is 0.0719. The van der Waals surface area contributed by atoms with Crippen molar-refractivity contribution in [3.8, 4) is 0 Å². The fraction of sp³-hybridized carbons (Fsp3) is 0.400. The molecule has 1 fully saturated rings. The molecule has 1 saturated heterocycles. The molecule has 1 N–H and O–H groups in total. The second-order valence-corrected chi connectivity index (χ2v) is 7.40. The van der Waals surface area contributed by atoms with Crippen LogP contribution in [0.5, 0.6) is 0 Å². The molecule has 1 aliphatic heterocycles. The Kier molecular flexibility index (Phi) is 3.92. The number of rotatable bonds is 4. The molecular weight excluding hydrogens is 304 g/mol. The smallest absolute Gasteiger partial charge is 0.289 e. The average molecular weight is 322 g/mol. The van der Waals surface area contributed by atoms with Crippen molar-refractivity contribution < 1.29 is 17.6 Å². The molecule has 7 heteroatoms. The Morgan fingerprint density at radius 1 is 1.41 bits per heavy atom. The van der Waals surface area contributed by atoms with Crippen LogP contribution in [0.25, 0.3) is 11.0 Å². The summed E-state index contributed by atoms with van der Waals surface area (Å²) < 4.78 is 31.3. The second kappa shape index (κ2) is 5.73. The quantitative estimate of drug-likeness (QED) is 0.927. The van der Waals surface area contributed by atoms with Gasteiger partial charge in [0, 0.05) is 18.0 Å². The van der Waals surface area contributed by atoms with E-state index in [-0.39, 0.29) is 23.5 Å². The summed E-state index contributed by atoms with van der Waals surface area (Å²) in [6, 6.07) is 8.81. The third kappa shape index (κ3) is 2.86. The Labute approximate surface area is 129 Å². The predicted octanol–water partition coefficient (Wildman–Crippen LogP) is 1.59. The number of para-hydroxylation sites is 1. The van der Waals surface area contributed by atoms with Crippen molar-refractivity contribution in [3.63, 3.8) is 0 Å². The molecule has 1 aromatic heterocycles. The van der Waals surface area contributed by atoms with Crippen molar-refractivity contribution in [2.24, 2.45) is 0 Å². The van der Waals surface area contributed by atoms with Crippen LogP contribution in [-0.2, 0) is 10.0 Å². The Bertz CT molecular complexity index is 764. The van der Waals surface area contributed by atoms with Crippen molar-refractivity contribution in [1.82, 2.24) is 9.62 Å². The lowest BCUT2D eigenvalue weighted by Crippen LogP contribution is -2.41. The maximum atomic E-state index is 12.6. The molecule has 0 bridgehead atoms. The van der Waals surface area contributed by atoms with E-state index in [9.17, 15) is 13.2 Å². The van der Waals surface area contributed by atoms with Gasteiger partial charge >= 0.3 is 0 Å². The Morgan fingerprint density at radius 2 is 2.18 bits per heavy atom. The largest absolute Gasteiger partial charge is 0.451 e. The highest BCUT2D eigenvalue weighted by molar-refractivity contribution is 7.89. The number of benzene rings is 1. The van der Waals surface area contributed by atoms with Gasteiger partial charge in [-0.1, -0.05) is 18.2 Å². The molecule has 1 aromatic carbocycles. The van der Waals surface area contributed by atoms with Crippen LogP contribution in [0, 0.1) is 0 Å². The number of furan rings is 1. The van der Waals surface area contributed by atoms with Crippen molar-refractivity contribution >= 4 is 26.9 Å². The Balaban J connectivity index is 1.84.